The molecule has 0 radical (unpaired) electrons. The van der Waals surface area contributed by atoms with Crippen molar-refractivity contribution in [1.82, 2.24) is 15.0 Å². The van der Waals surface area contributed by atoms with Crippen molar-refractivity contribution in [1.29, 1.82) is 0 Å². The molecule has 0 spiro atoms. The molecule has 1 heterocycles. The Morgan fingerprint density at radius 1 is 0.923 bits per heavy atom. The molecular weight excluding hydrogens is 506 g/mol. The van der Waals surface area contributed by atoms with Crippen LogP contribution in [0.4, 0.5) is 34.9 Å². The van der Waals surface area contributed by atoms with Gasteiger partial charge in [-0.2, -0.15) is 20.1 Å². The standard InChI is InChI=1S/C25H31N9O5/c1-4-6-14-32(15-7-5-2)25-29-23(27-19-8-10-20(11-9-19)33(35)36)28-24(30-25)31-26-17-18-16-21(34(37)38)12-13-22(18)39-3/h8-13,16-17H,4-7,14-15H2,1-3H3,(H2,27,28,29,30,31). The van der Waals surface area contributed by atoms with Gasteiger partial charge < -0.3 is 15.0 Å². The van der Waals surface area contributed by atoms with E-state index in [1.54, 1.807) is 12.1 Å². The fourth-order valence-corrected chi connectivity index (χ4v) is 3.51. The van der Waals surface area contributed by atoms with Crippen LogP contribution < -0.4 is 20.4 Å². The summed E-state index contributed by atoms with van der Waals surface area (Å²) < 4.78 is 5.28. The van der Waals surface area contributed by atoms with Crippen molar-refractivity contribution < 1.29 is 14.6 Å². The van der Waals surface area contributed by atoms with Crippen molar-refractivity contribution in [3.63, 3.8) is 0 Å². The summed E-state index contributed by atoms with van der Waals surface area (Å²) in [6.07, 6.45) is 5.29. The van der Waals surface area contributed by atoms with Gasteiger partial charge in [0.2, 0.25) is 17.8 Å². The summed E-state index contributed by atoms with van der Waals surface area (Å²) in [5.41, 5.74) is 3.60. The maximum Gasteiger partial charge on any atom is 0.270 e. The second-order valence-electron chi connectivity index (χ2n) is 8.46. The molecule has 3 aromatic rings. The highest BCUT2D eigenvalue weighted by molar-refractivity contribution is 5.85. The zero-order chi connectivity index (χ0) is 28.2. The average Bonchev–Trinajstić information content (AvgIpc) is 2.93. The van der Waals surface area contributed by atoms with Gasteiger partial charge in [0.1, 0.15) is 5.75 Å². The largest absolute Gasteiger partial charge is 0.496 e. The number of hydrazone groups is 1. The number of hydrogen-bond donors (Lipinski definition) is 2. The number of aromatic nitrogens is 3. The Kier molecular flexibility index (Phi) is 10.4. The maximum atomic E-state index is 11.2. The summed E-state index contributed by atoms with van der Waals surface area (Å²) in [7, 11) is 1.46. The number of ether oxygens (including phenoxy) is 1. The number of benzene rings is 2. The molecule has 0 fully saturated rings. The average molecular weight is 538 g/mol. The normalized spacial score (nSPS) is 10.8. The fourth-order valence-electron chi connectivity index (χ4n) is 3.51. The van der Waals surface area contributed by atoms with Gasteiger partial charge in [0.05, 0.1) is 23.2 Å². The van der Waals surface area contributed by atoms with Crippen molar-refractivity contribution in [3.8, 4) is 5.75 Å². The van der Waals surface area contributed by atoms with E-state index in [4.69, 9.17) is 4.74 Å². The van der Waals surface area contributed by atoms with E-state index in [9.17, 15) is 20.2 Å². The van der Waals surface area contributed by atoms with Crippen LogP contribution in [0.3, 0.4) is 0 Å². The molecule has 206 valence electrons. The van der Waals surface area contributed by atoms with Gasteiger partial charge in [-0.25, -0.2) is 5.43 Å². The molecule has 0 aliphatic carbocycles. The van der Waals surface area contributed by atoms with Crippen LogP contribution in [-0.4, -0.2) is 51.2 Å². The Balaban J connectivity index is 1.93. The molecule has 0 saturated carbocycles. The number of methoxy groups -OCH3 is 1. The van der Waals surface area contributed by atoms with E-state index in [-0.39, 0.29) is 23.3 Å². The monoisotopic (exact) mass is 537 g/mol. The van der Waals surface area contributed by atoms with Crippen LogP contribution in [0.1, 0.15) is 45.1 Å². The Labute approximate surface area is 225 Å². The zero-order valence-corrected chi connectivity index (χ0v) is 22.0. The first-order valence-corrected chi connectivity index (χ1v) is 12.5. The highest BCUT2D eigenvalue weighted by Crippen LogP contribution is 2.23. The molecule has 0 aliphatic rings. The van der Waals surface area contributed by atoms with Crippen LogP contribution in [0.2, 0.25) is 0 Å². The van der Waals surface area contributed by atoms with Crippen LogP contribution in [0, 0.1) is 20.2 Å². The highest BCUT2D eigenvalue weighted by Gasteiger charge is 2.15. The van der Waals surface area contributed by atoms with Crippen LogP contribution in [-0.2, 0) is 0 Å². The van der Waals surface area contributed by atoms with Crippen molar-refractivity contribution in [2.45, 2.75) is 39.5 Å². The van der Waals surface area contributed by atoms with Crippen molar-refractivity contribution >= 4 is 41.1 Å². The first kappa shape index (κ1) is 28.7. The van der Waals surface area contributed by atoms with E-state index >= 15 is 0 Å². The summed E-state index contributed by atoms with van der Waals surface area (Å²) in [4.78, 5) is 36.8. The van der Waals surface area contributed by atoms with Crippen molar-refractivity contribution in [2.24, 2.45) is 5.10 Å². The number of anilines is 4. The molecular formula is C25H31N9O5. The topological polar surface area (TPSA) is 174 Å². The minimum Gasteiger partial charge on any atom is -0.496 e. The number of unbranched alkanes of at least 4 members (excludes halogenated alkanes) is 2. The number of rotatable bonds is 15. The lowest BCUT2D eigenvalue weighted by Gasteiger charge is -2.23. The minimum atomic E-state index is -0.500. The number of nitrogens with one attached hydrogen (secondary N) is 2. The SMILES string of the molecule is CCCCN(CCCC)c1nc(NN=Cc2cc([N+](=O)[O-])ccc2OC)nc(Nc2ccc([N+](=O)[O-])cc2)n1. The first-order valence-electron chi connectivity index (χ1n) is 12.5. The fraction of sp³-hybridized carbons (Fsp3) is 0.360. The van der Waals surface area contributed by atoms with E-state index in [2.05, 4.69) is 49.5 Å². The van der Waals surface area contributed by atoms with Gasteiger partial charge in [0.25, 0.3) is 11.4 Å². The predicted molar refractivity (Wildman–Crippen MR) is 149 cm³/mol. The van der Waals surface area contributed by atoms with E-state index in [0.717, 1.165) is 38.8 Å². The van der Waals surface area contributed by atoms with Gasteiger partial charge in [0.15, 0.2) is 0 Å². The Morgan fingerprint density at radius 3 is 2.13 bits per heavy atom. The number of nitro groups is 2. The summed E-state index contributed by atoms with van der Waals surface area (Å²) in [6, 6.07) is 10.1. The third-order valence-corrected chi connectivity index (χ3v) is 5.60. The first-order chi connectivity index (χ1) is 18.8. The van der Waals surface area contributed by atoms with E-state index < -0.39 is 9.85 Å². The van der Waals surface area contributed by atoms with Gasteiger partial charge in [-0.1, -0.05) is 26.7 Å². The molecule has 1 aromatic heterocycles. The van der Waals surface area contributed by atoms with Crippen molar-refractivity contribution in [3.05, 3.63) is 68.3 Å². The minimum absolute atomic E-state index is 0.0320. The molecule has 0 amide bonds. The molecule has 39 heavy (non-hydrogen) atoms. The smallest absolute Gasteiger partial charge is 0.270 e. The molecule has 2 N–H and O–H groups in total. The molecule has 2 aromatic carbocycles. The number of nitrogens with zero attached hydrogens (tertiary/aromatic N) is 7. The molecule has 0 saturated heterocycles. The van der Waals surface area contributed by atoms with Crippen LogP contribution >= 0.6 is 0 Å². The molecule has 0 aliphatic heterocycles. The quantitative estimate of drug-likeness (QED) is 0.146. The number of non-ortho nitro benzene ring substituents is 2. The molecule has 0 unspecified atom stereocenters. The summed E-state index contributed by atoms with van der Waals surface area (Å²) in [6.45, 7) is 5.73. The van der Waals surface area contributed by atoms with Crippen LogP contribution in [0.25, 0.3) is 0 Å². The summed E-state index contributed by atoms with van der Waals surface area (Å²) in [5.74, 6) is 1.22. The van der Waals surface area contributed by atoms with Gasteiger partial charge in [-0.3, -0.25) is 20.2 Å². The van der Waals surface area contributed by atoms with Gasteiger partial charge in [-0.05, 0) is 31.0 Å². The lowest BCUT2D eigenvalue weighted by Crippen LogP contribution is -2.28. The third-order valence-electron chi connectivity index (χ3n) is 5.60. The summed E-state index contributed by atoms with van der Waals surface area (Å²) >= 11 is 0. The van der Waals surface area contributed by atoms with Crippen molar-refractivity contribution in [2.75, 3.05) is 35.8 Å². The van der Waals surface area contributed by atoms with Gasteiger partial charge in [0, 0.05) is 48.6 Å². The molecule has 0 bridgehead atoms. The predicted octanol–water partition coefficient (Wildman–Crippen LogP) is 5.29. The second-order valence-corrected chi connectivity index (χ2v) is 8.46. The number of nitro benzene ring substituents is 2. The van der Waals surface area contributed by atoms with Crippen LogP contribution in [0.15, 0.2) is 47.6 Å². The molecule has 3 rings (SSSR count). The maximum absolute atomic E-state index is 11.2. The van der Waals surface area contributed by atoms with Gasteiger partial charge >= 0.3 is 0 Å². The lowest BCUT2D eigenvalue weighted by atomic mass is 10.2. The third kappa shape index (κ3) is 8.31. The Bertz CT molecular complexity index is 1290. The van der Waals surface area contributed by atoms with E-state index in [0.29, 0.717) is 22.9 Å². The molecule has 14 heteroatoms. The van der Waals surface area contributed by atoms with Gasteiger partial charge in [-0.15, -0.1) is 0 Å². The lowest BCUT2D eigenvalue weighted by molar-refractivity contribution is -0.385. The number of hydrogen-bond acceptors (Lipinski definition) is 12. The Hall–Kier alpha value is -4.88. The summed E-state index contributed by atoms with van der Waals surface area (Å²) in [5, 5.41) is 29.4. The van der Waals surface area contributed by atoms with Crippen LogP contribution in [0.5, 0.6) is 5.75 Å². The second kappa shape index (κ2) is 14.2. The molecule has 0 atom stereocenters. The van der Waals surface area contributed by atoms with E-state index in [1.165, 1.54) is 43.7 Å². The Morgan fingerprint density at radius 2 is 1.54 bits per heavy atom. The highest BCUT2D eigenvalue weighted by atomic mass is 16.6. The van der Waals surface area contributed by atoms with E-state index in [1.807, 2.05) is 0 Å². The molecule has 14 nitrogen and oxygen atoms in total. The zero-order valence-electron chi connectivity index (χ0n) is 22.0.